The summed E-state index contributed by atoms with van der Waals surface area (Å²) in [5, 5.41) is 8.00. The molecule has 0 bridgehead atoms. The second-order valence-electron chi connectivity index (χ2n) is 7.37. The Hall–Kier alpha value is -3.45. The number of pyridine rings is 2. The third-order valence-electron chi connectivity index (χ3n) is 5.48. The molecule has 4 N–H and O–H groups in total. The molecule has 0 aliphatic carbocycles. The molecule has 0 spiro atoms. The zero-order valence-corrected chi connectivity index (χ0v) is 16.0. The molecular weight excluding hydrogens is 362 g/mol. The highest BCUT2D eigenvalue weighted by Gasteiger charge is 2.17. The second-order valence-corrected chi connectivity index (χ2v) is 7.37. The van der Waals surface area contributed by atoms with Crippen LogP contribution in [0.1, 0.15) is 18.9 Å². The van der Waals surface area contributed by atoms with Crippen LogP contribution in [0.5, 0.6) is 0 Å². The molecule has 1 fully saturated rings. The normalized spacial score (nSPS) is 14.9. The molecule has 0 saturated carbocycles. The van der Waals surface area contributed by atoms with Crippen LogP contribution in [0.2, 0.25) is 0 Å². The number of piperidine rings is 1. The Kier molecular flexibility index (Phi) is 4.57. The van der Waals surface area contributed by atoms with Crippen molar-refractivity contribution >= 4 is 5.82 Å². The topological polar surface area (TPSA) is 97.4 Å². The van der Waals surface area contributed by atoms with Crippen LogP contribution in [0.15, 0.2) is 61.3 Å². The van der Waals surface area contributed by atoms with Gasteiger partial charge in [-0.05, 0) is 56.3 Å². The predicted octanol–water partition coefficient (Wildman–Crippen LogP) is 3.51. The third kappa shape index (κ3) is 3.52. The van der Waals surface area contributed by atoms with E-state index >= 15 is 0 Å². The largest absolute Gasteiger partial charge is 0.383 e. The summed E-state index contributed by atoms with van der Waals surface area (Å²) in [6, 6.07) is 10.5. The number of aromatic nitrogens is 5. The zero-order valence-electron chi connectivity index (χ0n) is 16.0. The number of anilines is 1. The van der Waals surface area contributed by atoms with Crippen LogP contribution < -0.4 is 11.1 Å². The molecule has 146 valence electrons. The van der Waals surface area contributed by atoms with Gasteiger partial charge in [-0.1, -0.05) is 0 Å². The van der Waals surface area contributed by atoms with Crippen LogP contribution in [0.4, 0.5) is 5.82 Å². The smallest absolute Gasteiger partial charge is 0.132 e. The number of aromatic amines is 1. The fourth-order valence-electron chi connectivity index (χ4n) is 3.85. The molecule has 0 aromatic carbocycles. The van der Waals surface area contributed by atoms with Crippen LogP contribution in [-0.4, -0.2) is 37.8 Å². The number of nitrogens with two attached hydrogens (primary N) is 1. The molecule has 5 rings (SSSR count). The third-order valence-corrected chi connectivity index (χ3v) is 5.48. The van der Waals surface area contributed by atoms with E-state index in [0.717, 1.165) is 59.6 Å². The average Bonchev–Trinajstić information content (AvgIpc) is 3.46. The summed E-state index contributed by atoms with van der Waals surface area (Å²) in [5.74, 6) is 0.499. The van der Waals surface area contributed by atoms with Gasteiger partial charge in [0.2, 0.25) is 0 Å². The van der Waals surface area contributed by atoms with Gasteiger partial charge in [0.15, 0.2) is 0 Å². The maximum atomic E-state index is 6.20. The van der Waals surface area contributed by atoms with Crippen LogP contribution in [0.25, 0.3) is 33.6 Å². The Morgan fingerprint density at radius 2 is 1.83 bits per heavy atom. The number of hydrogen-bond acceptors (Lipinski definition) is 5. The lowest BCUT2D eigenvalue weighted by atomic mass is 10.1. The van der Waals surface area contributed by atoms with E-state index < -0.39 is 0 Å². The Balaban J connectivity index is 1.45. The number of H-pyrrole nitrogens is 1. The van der Waals surface area contributed by atoms with Crippen molar-refractivity contribution in [2.75, 3.05) is 18.8 Å². The fourth-order valence-corrected chi connectivity index (χ4v) is 3.85. The first kappa shape index (κ1) is 17.6. The lowest BCUT2D eigenvalue weighted by Crippen LogP contribution is -2.29. The quantitative estimate of drug-likeness (QED) is 0.499. The summed E-state index contributed by atoms with van der Waals surface area (Å²) in [4.78, 5) is 12.1. The highest BCUT2D eigenvalue weighted by atomic mass is 15.3. The fraction of sp³-hybridized carbons (Fsp3) is 0.227. The van der Waals surface area contributed by atoms with Crippen molar-refractivity contribution in [2.45, 2.75) is 18.9 Å². The minimum absolute atomic E-state index is 0.455. The molecule has 0 amide bonds. The van der Waals surface area contributed by atoms with Gasteiger partial charge < -0.3 is 16.0 Å². The van der Waals surface area contributed by atoms with E-state index in [0.29, 0.717) is 11.9 Å². The molecule has 0 radical (unpaired) electrons. The van der Waals surface area contributed by atoms with Crippen molar-refractivity contribution in [2.24, 2.45) is 0 Å². The minimum Gasteiger partial charge on any atom is -0.383 e. The van der Waals surface area contributed by atoms with E-state index in [4.69, 9.17) is 5.73 Å². The first-order valence-electron chi connectivity index (χ1n) is 9.88. The Labute approximate surface area is 169 Å². The van der Waals surface area contributed by atoms with E-state index in [1.165, 1.54) is 0 Å². The molecule has 5 heterocycles. The van der Waals surface area contributed by atoms with E-state index in [-0.39, 0.29) is 0 Å². The molecule has 4 aromatic heterocycles. The van der Waals surface area contributed by atoms with Gasteiger partial charge in [-0.15, -0.1) is 0 Å². The molecular formula is C22H23N7. The van der Waals surface area contributed by atoms with Crippen LogP contribution in [-0.2, 0) is 0 Å². The van der Waals surface area contributed by atoms with Gasteiger partial charge in [-0.2, -0.15) is 5.10 Å². The summed E-state index contributed by atoms with van der Waals surface area (Å²) in [6.07, 6.45) is 11.6. The summed E-state index contributed by atoms with van der Waals surface area (Å²) in [5.41, 5.74) is 12.1. The molecule has 0 atom stereocenters. The van der Waals surface area contributed by atoms with Crippen LogP contribution in [0.3, 0.4) is 0 Å². The second kappa shape index (κ2) is 7.52. The van der Waals surface area contributed by atoms with E-state index in [1.807, 2.05) is 42.9 Å². The van der Waals surface area contributed by atoms with Crippen LogP contribution in [0, 0.1) is 0 Å². The lowest BCUT2D eigenvalue weighted by molar-refractivity contribution is 0.343. The summed E-state index contributed by atoms with van der Waals surface area (Å²) >= 11 is 0. The monoisotopic (exact) mass is 385 g/mol. The lowest BCUT2D eigenvalue weighted by Gasteiger charge is -2.22. The number of hydrogen-bond donors (Lipinski definition) is 3. The molecule has 1 aliphatic heterocycles. The average molecular weight is 385 g/mol. The summed E-state index contributed by atoms with van der Waals surface area (Å²) in [7, 11) is 0. The van der Waals surface area contributed by atoms with Gasteiger partial charge in [0.05, 0.1) is 12.2 Å². The number of rotatable bonds is 4. The predicted molar refractivity (Wildman–Crippen MR) is 114 cm³/mol. The van der Waals surface area contributed by atoms with E-state index in [1.54, 1.807) is 6.20 Å². The molecule has 7 heteroatoms. The maximum Gasteiger partial charge on any atom is 0.132 e. The summed E-state index contributed by atoms with van der Waals surface area (Å²) in [6.45, 7) is 2.08. The number of nitrogens with one attached hydrogen (secondary N) is 2. The number of nitrogens with zero attached hydrogens (tertiary/aromatic N) is 4. The Morgan fingerprint density at radius 3 is 2.66 bits per heavy atom. The van der Waals surface area contributed by atoms with E-state index in [2.05, 4.69) is 42.3 Å². The molecule has 7 nitrogen and oxygen atoms in total. The molecule has 1 aliphatic rings. The van der Waals surface area contributed by atoms with Crippen LogP contribution >= 0.6 is 0 Å². The van der Waals surface area contributed by atoms with Crippen molar-refractivity contribution in [3.63, 3.8) is 0 Å². The molecule has 4 aromatic rings. The SMILES string of the molecule is Nc1ncc(-c2cnn(C3CCNCC3)c2)cc1-c1ccc(-c2cccnc2)[nH]1. The minimum atomic E-state index is 0.455. The Morgan fingerprint density at radius 1 is 0.966 bits per heavy atom. The first-order valence-corrected chi connectivity index (χ1v) is 9.88. The van der Waals surface area contributed by atoms with Crippen molar-refractivity contribution in [3.8, 4) is 33.6 Å². The van der Waals surface area contributed by atoms with Gasteiger partial charge in [-0.3, -0.25) is 9.67 Å². The van der Waals surface area contributed by atoms with Crippen molar-refractivity contribution in [3.05, 3.63) is 61.3 Å². The molecule has 0 unspecified atom stereocenters. The standard InChI is InChI=1S/C22H23N7/c23-22-19(21-4-3-20(28-21)15-2-1-7-25-11-15)10-16(12-26-22)17-13-27-29(14-17)18-5-8-24-9-6-18/h1-4,7,10-14,18,24,28H,5-6,8-9H2,(H2,23,26). The van der Waals surface area contributed by atoms with Gasteiger partial charge in [0, 0.05) is 58.4 Å². The zero-order chi connectivity index (χ0) is 19.6. The number of nitrogen functional groups attached to an aromatic ring is 1. The van der Waals surface area contributed by atoms with Gasteiger partial charge in [0.25, 0.3) is 0 Å². The van der Waals surface area contributed by atoms with Crippen molar-refractivity contribution < 1.29 is 0 Å². The molecule has 1 saturated heterocycles. The summed E-state index contributed by atoms with van der Waals surface area (Å²) < 4.78 is 2.08. The molecule has 29 heavy (non-hydrogen) atoms. The van der Waals surface area contributed by atoms with Gasteiger partial charge >= 0.3 is 0 Å². The van der Waals surface area contributed by atoms with E-state index in [9.17, 15) is 0 Å². The highest BCUT2D eigenvalue weighted by Crippen LogP contribution is 2.31. The maximum absolute atomic E-state index is 6.20. The van der Waals surface area contributed by atoms with Gasteiger partial charge in [0.1, 0.15) is 5.82 Å². The van der Waals surface area contributed by atoms with Gasteiger partial charge in [-0.25, -0.2) is 4.98 Å². The van der Waals surface area contributed by atoms with Crippen molar-refractivity contribution in [1.29, 1.82) is 0 Å². The highest BCUT2D eigenvalue weighted by molar-refractivity contribution is 5.79. The first-order chi connectivity index (χ1) is 14.3. The Bertz CT molecular complexity index is 1110. The van der Waals surface area contributed by atoms with Crippen molar-refractivity contribution in [1.82, 2.24) is 30.0 Å².